The Bertz CT molecular complexity index is 414. The second-order valence-corrected chi connectivity index (χ2v) is 6.07. The molecule has 0 unspecified atom stereocenters. The van der Waals surface area contributed by atoms with Crippen LogP contribution in [0.4, 0.5) is 0 Å². The van der Waals surface area contributed by atoms with Gasteiger partial charge in [-0.15, -0.1) is 0 Å². The highest BCUT2D eigenvalue weighted by molar-refractivity contribution is 7.99. The Morgan fingerprint density at radius 3 is 2.68 bits per heavy atom. The van der Waals surface area contributed by atoms with Gasteiger partial charge in [0, 0.05) is 24.0 Å². The number of rotatable bonds is 5. The first-order chi connectivity index (χ1) is 9.19. The summed E-state index contributed by atoms with van der Waals surface area (Å²) < 4.78 is 0. The summed E-state index contributed by atoms with van der Waals surface area (Å²) in [5, 5.41) is 13.1. The Kier molecular flexibility index (Phi) is 5.22. The summed E-state index contributed by atoms with van der Waals surface area (Å²) in [6.45, 7) is 0.717. The van der Waals surface area contributed by atoms with Crippen molar-refractivity contribution >= 4 is 17.7 Å². The number of pyridine rings is 1. The molecule has 1 aliphatic carbocycles. The average Bonchev–Trinajstić information content (AvgIpc) is 2.46. The quantitative estimate of drug-likeness (QED) is 0.868. The minimum Gasteiger partial charge on any atom is -0.478 e. The van der Waals surface area contributed by atoms with Crippen molar-refractivity contribution in [1.82, 2.24) is 10.3 Å². The molecule has 0 amide bonds. The third-order valence-electron chi connectivity index (χ3n) is 3.65. The molecule has 1 aliphatic rings. The fourth-order valence-corrected chi connectivity index (χ4v) is 3.15. The van der Waals surface area contributed by atoms with Gasteiger partial charge in [0.15, 0.2) is 0 Å². The van der Waals surface area contributed by atoms with E-state index in [4.69, 9.17) is 5.11 Å². The molecule has 2 N–H and O–H groups in total. The molecule has 1 aromatic rings. The Labute approximate surface area is 118 Å². The summed E-state index contributed by atoms with van der Waals surface area (Å²) in [6.07, 6.45) is 8.61. The molecule has 0 aliphatic heterocycles. The van der Waals surface area contributed by atoms with Crippen LogP contribution in [0.2, 0.25) is 0 Å². The van der Waals surface area contributed by atoms with Crippen LogP contribution in [0.25, 0.3) is 0 Å². The first-order valence-corrected chi connectivity index (χ1v) is 7.92. The van der Waals surface area contributed by atoms with E-state index >= 15 is 0 Å². The van der Waals surface area contributed by atoms with Crippen molar-refractivity contribution in [2.75, 3.05) is 6.26 Å². The molecular weight excluding hydrogens is 260 g/mol. The van der Waals surface area contributed by atoms with Crippen LogP contribution in [-0.2, 0) is 6.54 Å². The zero-order valence-corrected chi connectivity index (χ0v) is 11.9. The maximum Gasteiger partial charge on any atom is 0.337 e. The number of thioether (sulfide) groups is 1. The lowest BCUT2D eigenvalue weighted by Gasteiger charge is -2.28. The molecule has 1 fully saturated rings. The number of carboxylic acid groups (broad SMARTS) is 1. The van der Waals surface area contributed by atoms with E-state index < -0.39 is 5.97 Å². The third-order valence-corrected chi connectivity index (χ3v) is 4.79. The summed E-state index contributed by atoms with van der Waals surface area (Å²) in [5.41, 5.74) is 1.14. The van der Waals surface area contributed by atoms with E-state index in [1.807, 2.05) is 11.8 Å². The summed E-state index contributed by atoms with van der Waals surface area (Å²) in [5.74, 6) is -0.928. The smallest absolute Gasteiger partial charge is 0.337 e. The number of carbonyl (C=O) groups is 1. The largest absolute Gasteiger partial charge is 0.478 e. The second kappa shape index (κ2) is 6.91. The molecule has 4 nitrogen and oxygen atoms in total. The maximum atomic E-state index is 10.7. The number of nitrogens with zero attached hydrogens (tertiary/aromatic N) is 1. The lowest BCUT2D eigenvalue weighted by molar-refractivity contribution is 0.0696. The predicted octanol–water partition coefficient (Wildman–Crippen LogP) is 2.54. The van der Waals surface area contributed by atoms with Crippen LogP contribution in [0.5, 0.6) is 0 Å². The van der Waals surface area contributed by atoms with E-state index in [9.17, 15) is 4.79 Å². The third kappa shape index (κ3) is 4.21. The first-order valence-electron chi connectivity index (χ1n) is 6.63. The molecule has 2 rings (SSSR count). The van der Waals surface area contributed by atoms with Crippen molar-refractivity contribution in [1.29, 1.82) is 0 Å². The van der Waals surface area contributed by atoms with Crippen LogP contribution >= 0.6 is 11.8 Å². The Balaban J connectivity index is 1.78. The molecule has 0 radical (unpaired) electrons. The van der Waals surface area contributed by atoms with Crippen LogP contribution in [0.15, 0.2) is 18.3 Å². The van der Waals surface area contributed by atoms with Crippen molar-refractivity contribution in [2.24, 2.45) is 0 Å². The minimum absolute atomic E-state index is 0.240. The molecule has 19 heavy (non-hydrogen) atoms. The summed E-state index contributed by atoms with van der Waals surface area (Å²) >= 11 is 1.97. The second-order valence-electron chi connectivity index (χ2n) is 4.93. The zero-order chi connectivity index (χ0) is 13.7. The van der Waals surface area contributed by atoms with E-state index in [2.05, 4.69) is 16.6 Å². The molecule has 1 heterocycles. The predicted molar refractivity (Wildman–Crippen MR) is 77.6 cm³/mol. The van der Waals surface area contributed by atoms with E-state index in [1.54, 1.807) is 12.1 Å². The molecule has 5 heteroatoms. The molecule has 1 saturated carbocycles. The maximum absolute atomic E-state index is 10.7. The van der Waals surface area contributed by atoms with Crippen LogP contribution < -0.4 is 5.32 Å². The van der Waals surface area contributed by atoms with Gasteiger partial charge < -0.3 is 10.4 Å². The number of carboxylic acids is 1. The Morgan fingerprint density at radius 1 is 1.42 bits per heavy atom. The summed E-state index contributed by atoms with van der Waals surface area (Å²) in [4.78, 5) is 14.9. The van der Waals surface area contributed by atoms with Gasteiger partial charge in [-0.3, -0.25) is 4.98 Å². The number of nitrogens with one attached hydrogen (secondary N) is 1. The average molecular weight is 280 g/mol. The van der Waals surface area contributed by atoms with E-state index in [0.717, 1.165) is 10.9 Å². The molecule has 0 saturated heterocycles. The van der Waals surface area contributed by atoms with Crippen LogP contribution in [-0.4, -0.2) is 33.6 Å². The standard InChI is InChI=1S/C14H20N2O2S/c1-19-13-6-4-11(5-7-13)16-9-12-3-2-10(8-15-12)14(17)18/h2-3,8,11,13,16H,4-7,9H2,1H3,(H,17,18). The van der Waals surface area contributed by atoms with Gasteiger partial charge in [0.2, 0.25) is 0 Å². The fraction of sp³-hybridized carbons (Fsp3) is 0.571. The lowest BCUT2D eigenvalue weighted by Crippen LogP contribution is -2.33. The van der Waals surface area contributed by atoms with Gasteiger partial charge in [0.05, 0.1) is 11.3 Å². The topological polar surface area (TPSA) is 62.2 Å². The van der Waals surface area contributed by atoms with Gasteiger partial charge in [-0.1, -0.05) is 0 Å². The van der Waals surface area contributed by atoms with Crippen molar-refractivity contribution in [3.63, 3.8) is 0 Å². The monoisotopic (exact) mass is 280 g/mol. The van der Waals surface area contributed by atoms with Crippen LogP contribution in [0, 0.1) is 0 Å². The van der Waals surface area contributed by atoms with Crippen molar-refractivity contribution in [3.8, 4) is 0 Å². The Morgan fingerprint density at radius 2 is 2.16 bits per heavy atom. The molecule has 104 valence electrons. The minimum atomic E-state index is -0.928. The Hall–Kier alpha value is -1.07. The normalized spacial score (nSPS) is 23.2. The molecular formula is C14H20N2O2S. The lowest BCUT2D eigenvalue weighted by atomic mass is 9.95. The molecule has 0 bridgehead atoms. The van der Waals surface area contributed by atoms with Crippen LogP contribution in [0.3, 0.4) is 0 Å². The van der Waals surface area contributed by atoms with Gasteiger partial charge in [-0.05, 0) is 44.1 Å². The zero-order valence-electron chi connectivity index (χ0n) is 11.1. The van der Waals surface area contributed by atoms with Crippen molar-refractivity contribution in [3.05, 3.63) is 29.6 Å². The van der Waals surface area contributed by atoms with E-state index in [0.29, 0.717) is 12.6 Å². The summed E-state index contributed by atoms with van der Waals surface area (Å²) in [7, 11) is 0. The number of aromatic nitrogens is 1. The van der Waals surface area contributed by atoms with Crippen LogP contribution in [0.1, 0.15) is 41.7 Å². The molecule has 1 aromatic heterocycles. The molecule has 0 aromatic carbocycles. The SMILES string of the molecule is CSC1CCC(NCc2ccc(C(=O)O)cn2)CC1. The number of hydrogen-bond acceptors (Lipinski definition) is 4. The fourth-order valence-electron chi connectivity index (χ4n) is 2.41. The van der Waals surface area contributed by atoms with E-state index in [1.165, 1.54) is 31.9 Å². The van der Waals surface area contributed by atoms with Gasteiger partial charge in [-0.25, -0.2) is 4.79 Å². The number of hydrogen-bond donors (Lipinski definition) is 2. The van der Waals surface area contributed by atoms with Crippen molar-refractivity contribution < 1.29 is 9.90 Å². The highest BCUT2D eigenvalue weighted by atomic mass is 32.2. The highest BCUT2D eigenvalue weighted by Gasteiger charge is 2.19. The molecule has 0 spiro atoms. The van der Waals surface area contributed by atoms with Gasteiger partial charge in [0.1, 0.15) is 0 Å². The highest BCUT2D eigenvalue weighted by Crippen LogP contribution is 2.26. The van der Waals surface area contributed by atoms with Gasteiger partial charge in [0.25, 0.3) is 0 Å². The van der Waals surface area contributed by atoms with Gasteiger partial charge in [-0.2, -0.15) is 11.8 Å². The first kappa shape index (κ1) is 14.3. The summed E-state index contributed by atoms with van der Waals surface area (Å²) in [6, 6.07) is 3.96. The van der Waals surface area contributed by atoms with Gasteiger partial charge >= 0.3 is 5.97 Å². The van der Waals surface area contributed by atoms with Crippen molar-refractivity contribution in [2.45, 2.75) is 43.5 Å². The number of aromatic carboxylic acids is 1. The molecule has 0 atom stereocenters. The van der Waals surface area contributed by atoms with E-state index in [-0.39, 0.29) is 5.56 Å².